The predicted octanol–water partition coefficient (Wildman–Crippen LogP) is 3.77. The highest BCUT2D eigenvalue weighted by atomic mass is 19.4. The lowest BCUT2D eigenvalue weighted by atomic mass is 10.1. The van der Waals surface area contributed by atoms with Crippen LogP contribution < -0.4 is 10.1 Å². The molecule has 1 amide bonds. The zero-order valence-corrected chi connectivity index (χ0v) is 13.0. The molecule has 1 aromatic carbocycles. The lowest BCUT2D eigenvalue weighted by Gasteiger charge is -2.23. The highest BCUT2D eigenvalue weighted by Gasteiger charge is 2.59. The van der Waals surface area contributed by atoms with Gasteiger partial charge in [0.15, 0.2) is 0 Å². The lowest BCUT2D eigenvalue weighted by molar-refractivity contribution is -0.304. The van der Waals surface area contributed by atoms with Crippen LogP contribution in [0.3, 0.4) is 0 Å². The molecular formula is C16H12F6N2O2. The van der Waals surface area contributed by atoms with Gasteiger partial charge in [0.2, 0.25) is 0 Å². The van der Waals surface area contributed by atoms with Gasteiger partial charge in [-0.15, -0.1) is 6.58 Å². The second-order valence-electron chi connectivity index (χ2n) is 4.81. The molecule has 0 saturated carbocycles. The SMILES string of the molecule is C=CCNC(=O)/C(C#N)=C/c1ccc(OC(F)(F)[C@H](F)C(F)(F)F)cc1. The molecule has 26 heavy (non-hydrogen) atoms. The van der Waals surface area contributed by atoms with Crippen LogP contribution in [0.2, 0.25) is 0 Å². The molecule has 0 heterocycles. The summed E-state index contributed by atoms with van der Waals surface area (Å²) in [5.74, 6) is -1.43. The number of ether oxygens (including phenoxy) is 1. The summed E-state index contributed by atoms with van der Waals surface area (Å²) in [4.78, 5) is 11.6. The Morgan fingerprint density at radius 2 is 1.85 bits per heavy atom. The van der Waals surface area contributed by atoms with Gasteiger partial charge in [0.25, 0.3) is 12.1 Å². The van der Waals surface area contributed by atoms with Crippen molar-refractivity contribution < 1.29 is 35.9 Å². The van der Waals surface area contributed by atoms with Crippen molar-refractivity contribution in [3.63, 3.8) is 0 Å². The highest BCUT2D eigenvalue weighted by Crippen LogP contribution is 2.36. The van der Waals surface area contributed by atoms with Gasteiger partial charge < -0.3 is 10.1 Å². The molecule has 0 fully saturated rings. The van der Waals surface area contributed by atoms with Gasteiger partial charge >= 0.3 is 12.3 Å². The number of hydrogen-bond donors (Lipinski definition) is 1. The molecule has 0 aliphatic heterocycles. The zero-order valence-electron chi connectivity index (χ0n) is 13.0. The molecule has 1 aromatic rings. The second-order valence-corrected chi connectivity index (χ2v) is 4.81. The number of benzene rings is 1. The maximum atomic E-state index is 13.2. The molecule has 0 unspecified atom stereocenters. The molecule has 1 N–H and O–H groups in total. The molecule has 1 atom stereocenters. The van der Waals surface area contributed by atoms with E-state index in [9.17, 15) is 31.1 Å². The molecule has 4 nitrogen and oxygen atoms in total. The Bertz CT molecular complexity index is 720. The van der Waals surface area contributed by atoms with E-state index in [-0.39, 0.29) is 17.7 Å². The van der Waals surface area contributed by atoms with Crippen LogP contribution in [0, 0.1) is 11.3 Å². The van der Waals surface area contributed by atoms with Crippen molar-refractivity contribution in [2.45, 2.75) is 18.5 Å². The first-order chi connectivity index (χ1) is 12.0. The van der Waals surface area contributed by atoms with E-state index in [0.717, 1.165) is 30.3 Å². The maximum Gasteiger partial charge on any atom is 0.439 e. The standard InChI is InChI=1S/C16H12F6N2O2/c1-2-7-24-13(25)11(9-23)8-10-3-5-12(6-4-10)26-16(21,22)14(17)15(18,19)20/h2-6,8,14H,1,7H2,(H,24,25)/b11-8+/t14-/m1/s1. The Labute approximate surface area is 144 Å². The number of nitrogens with zero attached hydrogens (tertiary/aromatic N) is 1. The van der Waals surface area contributed by atoms with Crippen molar-refractivity contribution in [2.75, 3.05) is 6.54 Å². The van der Waals surface area contributed by atoms with Crippen LogP contribution in [0.25, 0.3) is 6.08 Å². The highest BCUT2D eigenvalue weighted by molar-refractivity contribution is 6.01. The third-order valence-corrected chi connectivity index (χ3v) is 2.80. The van der Waals surface area contributed by atoms with Crippen molar-refractivity contribution in [2.24, 2.45) is 0 Å². The molecule has 0 radical (unpaired) electrons. The topological polar surface area (TPSA) is 62.1 Å². The molecular weight excluding hydrogens is 366 g/mol. The Morgan fingerprint density at radius 1 is 1.27 bits per heavy atom. The first-order valence-corrected chi connectivity index (χ1v) is 6.90. The Morgan fingerprint density at radius 3 is 2.31 bits per heavy atom. The molecule has 0 aromatic heterocycles. The fourth-order valence-electron chi connectivity index (χ4n) is 1.61. The van der Waals surface area contributed by atoms with Gasteiger partial charge in [0, 0.05) is 6.54 Å². The van der Waals surface area contributed by atoms with E-state index < -0.39 is 30.1 Å². The van der Waals surface area contributed by atoms with Crippen molar-refractivity contribution in [1.29, 1.82) is 5.26 Å². The summed E-state index contributed by atoms with van der Waals surface area (Å²) >= 11 is 0. The summed E-state index contributed by atoms with van der Waals surface area (Å²) in [5, 5.41) is 11.3. The van der Waals surface area contributed by atoms with Crippen LogP contribution in [0.1, 0.15) is 5.56 Å². The number of hydrogen-bond acceptors (Lipinski definition) is 3. The molecule has 0 bridgehead atoms. The maximum absolute atomic E-state index is 13.2. The van der Waals surface area contributed by atoms with E-state index in [1.807, 2.05) is 0 Å². The van der Waals surface area contributed by atoms with E-state index in [1.54, 1.807) is 6.07 Å². The monoisotopic (exact) mass is 378 g/mol. The van der Waals surface area contributed by atoms with Crippen LogP contribution in [-0.2, 0) is 4.79 Å². The summed E-state index contributed by atoms with van der Waals surface area (Å²) in [7, 11) is 0. The fourth-order valence-corrected chi connectivity index (χ4v) is 1.61. The minimum Gasteiger partial charge on any atom is -0.430 e. The second kappa shape index (κ2) is 8.42. The minimum atomic E-state index is -5.79. The number of carbonyl (C=O) groups excluding carboxylic acids is 1. The largest absolute Gasteiger partial charge is 0.439 e. The van der Waals surface area contributed by atoms with Crippen molar-refractivity contribution in [3.05, 3.63) is 48.1 Å². The summed E-state index contributed by atoms with van der Waals surface area (Å²) < 4.78 is 79.0. The molecule has 0 spiro atoms. The normalized spacial score (nSPS) is 13.5. The third-order valence-electron chi connectivity index (χ3n) is 2.80. The Kier molecular flexibility index (Phi) is 6.83. The van der Waals surface area contributed by atoms with Gasteiger partial charge in [0.05, 0.1) is 0 Å². The summed E-state index contributed by atoms with van der Waals surface area (Å²) in [5.41, 5.74) is -0.0923. The average Bonchev–Trinajstić information content (AvgIpc) is 2.57. The van der Waals surface area contributed by atoms with Crippen LogP contribution in [-0.4, -0.2) is 30.9 Å². The smallest absolute Gasteiger partial charge is 0.430 e. The van der Waals surface area contributed by atoms with Gasteiger partial charge in [-0.05, 0) is 23.8 Å². The zero-order chi connectivity index (χ0) is 20.0. The number of nitriles is 1. The number of amides is 1. The molecule has 0 aliphatic rings. The number of rotatable bonds is 7. The van der Waals surface area contributed by atoms with Gasteiger partial charge in [-0.2, -0.15) is 27.2 Å². The fraction of sp³-hybridized carbons (Fsp3) is 0.250. The average molecular weight is 378 g/mol. The molecule has 140 valence electrons. The lowest BCUT2D eigenvalue weighted by Crippen LogP contribution is -2.45. The van der Waals surface area contributed by atoms with E-state index >= 15 is 0 Å². The molecule has 0 saturated heterocycles. The van der Waals surface area contributed by atoms with E-state index in [4.69, 9.17) is 5.26 Å². The van der Waals surface area contributed by atoms with Gasteiger partial charge in [-0.1, -0.05) is 18.2 Å². The van der Waals surface area contributed by atoms with E-state index in [0.29, 0.717) is 0 Å². The van der Waals surface area contributed by atoms with Crippen molar-refractivity contribution in [1.82, 2.24) is 5.32 Å². The third kappa shape index (κ3) is 5.84. The summed E-state index contributed by atoms with van der Waals surface area (Å²) in [6.45, 7) is 3.49. The molecule has 1 rings (SSSR count). The van der Waals surface area contributed by atoms with Crippen LogP contribution in [0.4, 0.5) is 26.3 Å². The summed E-state index contributed by atoms with van der Waals surface area (Å²) in [6.07, 6.45) is -12.9. The molecule has 0 aliphatic carbocycles. The first-order valence-electron chi connectivity index (χ1n) is 6.90. The number of halogens is 6. The predicted molar refractivity (Wildman–Crippen MR) is 79.8 cm³/mol. The number of carbonyl (C=O) groups is 1. The van der Waals surface area contributed by atoms with E-state index in [2.05, 4.69) is 16.6 Å². The van der Waals surface area contributed by atoms with Crippen molar-refractivity contribution >= 4 is 12.0 Å². The van der Waals surface area contributed by atoms with Crippen molar-refractivity contribution in [3.8, 4) is 11.8 Å². The minimum absolute atomic E-state index is 0.114. The summed E-state index contributed by atoms with van der Waals surface area (Å²) in [6, 6.07) is 5.53. The molecule has 10 heteroatoms. The van der Waals surface area contributed by atoms with E-state index in [1.165, 1.54) is 6.08 Å². The quantitative estimate of drug-likeness (QED) is 0.340. The number of nitrogens with one attached hydrogen (secondary N) is 1. The Balaban J connectivity index is 2.92. The van der Waals surface area contributed by atoms with Gasteiger partial charge in [-0.3, -0.25) is 4.79 Å². The van der Waals surface area contributed by atoms with Crippen LogP contribution >= 0.6 is 0 Å². The first kappa shape index (κ1) is 21.1. The van der Waals surface area contributed by atoms with Crippen LogP contribution in [0.5, 0.6) is 5.75 Å². The van der Waals surface area contributed by atoms with Crippen LogP contribution in [0.15, 0.2) is 42.5 Å². The van der Waals surface area contributed by atoms with Gasteiger partial charge in [0.1, 0.15) is 17.4 Å². The number of alkyl halides is 6. The Hall–Kier alpha value is -2.96. The van der Waals surface area contributed by atoms with Gasteiger partial charge in [-0.25, -0.2) is 4.39 Å².